The van der Waals surface area contributed by atoms with E-state index in [-0.39, 0.29) is 5.56 Å². The molecule has 0 aliphatic carbocycles. The second kappa shape index (κ2) is 2.39. The van der Waals surface area contributed by atoms with Crippen molar-refractivity contribution < 1.29 is 0 Å². The van der Waals surface area contributed by atoms with Crippen LogP contribution in [0.5, 0.6) is 0 Å². The van der Waals surface area contributed by atoms with Crippen molar-refractivity contribution in [1.29, 1.82) is 0 Å². The van der Waals surface area contributed by atoms with Crippen molar-refractivity contribution in [1.82, 2.24) is 9.78 Å². The standard InChI is InChI=1S/C7H6N2OS/c10-7-1-3-8-9(7)6-2-4-11-5-6/h1-5,8H. The summed E-state index contributed by atoms with van der Waals surface area (Å²) in [6.07, 6.45) is 1.62. The smallest absolute Gasteiger partial charge is 0.271 e. The largest absolute Gasteiger partial charge is 0.298 e. The molecule has 4 heteroatoms. The maximum atomic E-state index is 11.1. The van der Waals surface area contributed by atoms with Crippen LogP contribution in [-0.4, -0.2) is 9.78 Å². The molecule has 0 spiro atoms. The first-order valence-electron chi connectivity index (χ1n) is 3.17. The maximum Gasteiger partial charge on any atom is 0.271 e. The minimum atomic E-state index is -0.0246. The minimum Gasteiger partial charge on any atom is -0.298 e. The first-order valence-corrected chi connectivity index (χ1v) is 4.11. The summed E-state index contributed by atoms with van der Waals surface area (Å²) in [5.74, 6) is 0. The lowest BCUT2D eigenvalue weighted by atomic mass is 10.5. The monoisotopic (exact) mass is 166 g/mol. The molecule has 2 aromatic rings. The van der Waals surface area contributed by atoms with Crippen LogP contribution < -0.4 is 5.56 Å². The van der Waals surface area contributed by atoms with Gasteiger partial charge in [0.15, 0.2) is 0 Å². The third-order valence-corrected chi connectivity index (χ3v) is 2.09. The van der Waals surface area contributed by atoms with Gasteiger partial charge in [-0.2, -0.15) is 11.3 Å². The molecule has 0 unspecified atom stereocenters. The van der Waals surface area contributed by atoms with Crippen molar-refractivity contribution in [3.63, 3.8) is 0 Å². The number of hydrogen-bond acceptors (Lipinski definition) is 2. The lowest BCUT2D eigenvalue weighted by Gasteiger charge is -1.93. The van der Waals surface area contributed by atoms with Crippen LogP contribution in [0.3, 0.4) is 0 Å². The molecule has 0 aliphatic rings. The zero-order chi connectivity index (χ0) is 7.68. The van der Waals surface area contributed by atoms with Gasteiger partial charge in [0.2, 0.25) is 0 Å². The second-order valence-electron chi connectivity index (χ2n) is 2.12. The quantitative estimate of drug-likeness (QED) is 0.679. The summed E-state index contributed by atoms with van der Waals surface area (Å²) in [7, 11) is 0. The van der Waals surface area contributed by atoms with E-state index >= 15 is 0 Å². The van der Waals surface area contributed by atoms with Crippen LogP contribution in [0.1, 0.15) is 0 Å². The normalized spacial score (nSPS) is 10.2. The van der Waals surface area contributed by atoms with Crippen molar-refractivity contribution in [3.05, 3.63) is 39.4 Å². The molecule has 0 atom stereocenters. The lowest BCUT2D eigenvalue weighted by Crippen LogP contribution is -2.12. The van der Waals surface area contributed by atoms with E-state index in [9.17, 15) is 4.79 Å². The Morgan fingerprint density at radius 3 is 2.91 bits per heavy atom. The molecule has 11 heavy (non-hydrogen) atoms. The highest BCUT2D eigenvalue weighted by atomic mass is 32.1. The second-order valence-corrected chi connectivity index (χ2v) is 2.90. The highest BCUT2D eigenvalue weighted by Crippen LogP contribution is 2.07. The van der Waals surface area contributed by atoms with Gasteiger partial charge < -0.3 is 0 Å². The van der Waals surface area contributed by atoms with Gasteiger partial charge in [-0.3, -0.25) is 9.89 Å². The third kappa shape index (κ3) is 1.01. The zero-order valence-corrected chi connectivity index (χ0v) is 6.47. The molecule has 1 N–H and O–H groups in total. The van der Waals surface area contributed by atoms with Gasteiger partial charge in [0.25, 0.3) is 5.56 Å². The zero-order valence-electron chi connectivity index (χ0n) is 5.65. The van der Waals surface area contributed by atoms with Crippen LogP contribution in [0.25, 0.3) is 5.69 Å². The summed E-state index contributed by atoms with van der Waals surface area (Å²) in [5, 5.41) is 6.67. The first kappa shape index (κ1) is 6.42. The van der Waals surface area contributed by atoms with Crippen molar-refractivity contribution in [2.45, 2.75) is 0 Å². The van der Waals surface area contributed by atoms with E-state index in [4.69, 9.17) is 0 Å². The Kier molecular flexibility index (Phi) is 1.40. The van der Waals surface area contributed by atoms with Gasteiger partial charge in [-0.25, -0.2) is 4.68 Å². The average Bonchev–Trinajstić information content (AvgIpc) is 2.55. The Labute approximate surface area is 66.9 Å². The fourth-order valence-corrected chi connectivity index (χ4v) is 1.53. The number of H-pyrrole nitrogens is 1. The minimum absolute atomic E-state index is 0.0246. The number of hydrogen-bond donors (Lipinski definition) is 1. The topological polar surface area (TPSA) is 37.8 Å². The van der Waals surface area contributed by atoms with Gasteiger partial charge in [-0.15, -0.1) is 0 Å². The molecule has 0 radical (unpaired) electrons. The van der Waals surface area contributed by atoms with E-state index in [1.807, 2.05) is 16.8 Å². The van der Waals surface area contributed by atoms with Crippen LogP contribution in [0.2, 0.25) is 0 Å². The lowest BCUT2D eigenvalue weighted by molar-refractivity contribution is 0.853. The van der Waals surface area contributed by atoms with Crippen molar-refractivity contribution >= 4 is 11.3 Å². The van der Waals surface area contributed by atoms with E-state index < -0.39 is 0 Å². The van der Waals surface area contributed by atoms with Crippen molar-refractivity contribution in [2.24, 2.45) is 0 Å². The molecule has 2 rings (SSSR count). The number of rotatable bonds is 1. The first-order chi connectivity index (χ1) is 5.38. The van der Waals surface area contributed by atoms with Crippen molar-refractivity contribution in [3.8, 4) is 5.69 Å². The fourth-order valence-electron chi connectivity index (χ4n) is 0.908. The van der Waals surface area contributed by atoms with Gasteiger partial charge in [0.05, 0.1) is 5.69 Å². The Morgan fingerprint density at radius 1 is 1.45 bits per heavy atom. The van der Waals surface area contributed by atoms with E-state index in [1.165, 1.54) is 10.7 Å². The highest BCUT2D eigenvalue weighted by molar-refractivity contribution is 7.08. The molecule has 2 heterocycles. The van der Waals surface area contributed by atoms with Gasteiger partial charge in [0.1, 0.15) is 0 Å². The summed E-state index contributed by atoms with van der Waals surface area (Å²) < 4.78 is 1.50. The number of nitrogens with zero attached hydrogens (tertiary/aromatic N) is 1. The van der Waals surface area contributed by atoms with E-state index in [0.717, 1.165) is 5.69 Å². The Hall–Kier alpha value is -1.29. The average molecular weight is 166 g/mol. The SMILES string of the molecule is O=c1cc[nH]n1-c1ccsc1. The summed E-state index contributed by atoms with van der Waals surface area (Å²) in [4.78, 5) is 11.1. The molecule has 3 nitrogen and oxygen atoms in total. The summed E-state index contributed by atoms with van der Waals surface area (Å²) in [6, 6.07) is 3.39. The maximum absolute atomic E-state index is 11.1. The molecule has 0 saturated carbocycles. The van der Waals surface area contributed by atoms with Crippen LogP contribution in [0, 0.1) is 0 Å². The Bertz CT molecular complexity index is 384. The van der Waals surface area contributed by atoms with E-state index in [2.05, 4.69) is 5.10 Å². The van der Waals surface area contributed by atoms with Gasteiger partial charge in [-0.05, 0) is 11.4 Å². The number of aromatic amines is 1. The van der Waals surface area contributed by atoms with E-state index in [0.29, 0.717) is 0 Å². The molecule has 2 aromatic heterocycles. The molecule has 0 saturated heterocycles. The van der Waals surface area contributed by atoms with Crippen LogP contribution >= 0.6 is 11.3 Å². The molecule has 0 fully saturated rings. The van der Waals surface area contributed by atoms with Crippen LogP contribution in [0.15, 0.2) is 33.9 Å². The van der Waals surface area contributed by atoms with E-state index in [1.54, 1.807) is 17.5 Å². The number of thiophene rings is 1. The van der Waals surface area contributed by atoms with Crippen LogP contribution in [0.4, 0.5) is 0 Å². The van der Waals surface area contributed by atoms with Gasteiger partial charge in [-0.1, -0.05) is 0 Å². The number of nitrogens with one attached hydrogen (secondary N) is 1. The van der Waals surface area contributed by atoms with Gasteiger partial charge >= 0.3 is 0 Å². The molecular weight excluding hydrogens is 160 g/mol. The Balaban J connectivity index is 2.62. The molecular formula is C7H6N2OS. The molecule has 56 valence electrons. The van der Waals surface area contributed by atoms with Gasteiger partial charge in [0, 0.05) is 17.6 Å². The Morgan fingerprint density at radius 2 is 2.36 bits per heavy atom. The number of aromatic nitrogens is 2. The summed E-state index contributed by atoms with van der Waals surface area (Å²) >= 11 is 1.57. The molecule has 0 amide bonds. The van der Waals surface area contributed by atoms with Crippen molar-refractivity contribution in [2.75, 3.05) is 0 Å². The summed E-state index contributed by atoms with van der Waals surface area (Å²) in [6.45, 7) is 0. The molecule has 0 bridgehead atoms. The fraction of sp³-hybridized carbons (Fsp3) is 0. The molecule has 0 aliphatic heterocycles. The van der Waals surface area contributed by atoms with Crippen LogP contribution in [-0.2, 0) is 0 Å². The summed E-state index contributed by atoms with van der Waals surface area (Å²) in [5.41, 5.74) is 0.869. The highest BCUT2D eigenvalue weighted by Gasteiger charge is 1.97. The molecule has 0 aromatic carbocycles. The third-order valence-electron chi connectivity index (χ3n) is 1.41. The predicted octanol–water partition coefficient (Wildman–Crippen LogP) is 1.23. The predicted molar refractivity (Wildman–Crippen MR) is 44.3 cm³/mol.